The summed E-state index contributed by atoms with van der Waals surface area (Å²) in [7, 11) is 0. The number of rotatable bonds is 5. The summed E-state index contributed by atoms with van der Waals surface area (Å²) in [6.45, 7) is 3.16. The highest BCUT2D eigenvalue weighted by molar-refractivity contribution is 7.21. The van der Waals surface area contributed by atoms with Crippen LogP contribution in [0.5, 0.6) is 0 Å². The van der Waals surface area contributed by atoms with E-state index in [2.05, 4.69) is 15.3 Å². The molecule has 1 atom stereocenters. The summed E-state index contributed by atoms with van der Waals surface area (Å²) in [4.78, 5) is 37.7. The van der Waals surface area contributed by atoms with E-state index in [9.17, 15) is 9.59 Å². The minimum absolute atomic E-state index is 0.00476. The quantitative estimate of drug-likeness (QED) is 0.701. The van der Waals surface area contributed by atoms with Crippen LogP contribution in [0.1, 0.15) is 43.1 Å². The third-order valence-corrected chi connectivity index (χ3v) is 6.64. The molecule has 1 aliphatic heterocycles. The number of thiazole rings is 1. The zero-order valence-corrected chi connectivity index (χ0v) is 17.1. The molecule has 5 rings (SSSR count). The lowest BCUT2D eigenvalue weighted by Crippen LogP contribution is -2.43. The lowest BCUT2D eigenvalue weighted by atomic mass is 10.2. The van der Waals surface area contributed by atoms with Gasteiger partial charge in [0.1, 0.15) is 11.9 Å². The second-order valence-corrected chi connectivity index (χ2v) is 8.73. The molecule has 0 radical (unpaired) electrons. The number of hydrogen-bond acceptors (Lipinski definition) is 6. The van der Waals surface area contributed by atoms with E-state index in [4.69, 9.17) is 0 Å². The number of nitrogens with zero attached hydrogens (tertiary/aromatic N) is 4. The minimum atomic E-state index is -0.258. The van der Waals surface area contributed by atoms with Gasteiger partial charge in [-0.3, -0.25) is 14.2 Å². The molecular weight excluding hydrogens is 386 g/mol. The van der Waals surface area contributed by atoms with Gasteiger partial charge >= 0.3 is 0 Å². The minimum Gasteiger partial charge on any atom is -0.350 e. The topological polar surface area (TPSA) is 80.1 Å². The Morgan fingerprint density at radius 3 is 2.76 bits per heavy atom. The summed E-state index contributed by atoms with van der Waals surface area (Å²) in [5.74, 6) is 0.754. The third kappa shape index (κ3) is 3.42. The summed E-state index contributed by atoms with van der Waals surface area (Å²) < 4.78 is 1.78. The number of carbonyl (C=O) groups is 1. The largest absolute Gasteiger partial charge is 0.350 e. The molecular formula is C21H23N5O2S. The van der Waals surface area contributed by atoms with Crippen LogP contribution in [0.4, 0.5) is 5.13 Å². The number of aromatic nitrogens is 3. The first kappa shape index (κ1) is 18.3. The molecule has 1 amide bonds. The van der Waals surface area contributed by atoms with Gasteiger partial charge in [-0.25, -0.2) is 9.97 Å². The number of amides is 1. The van der Waals surface area contributed by atoms with E-state index in [-0.39, 0.29) is 23.6 Å². The zero-order chi connectivity index (χ0) is 20.0. The van der Waals surface area contributed by atoms with Crippen LogP contribution in [0.25, 0.3) is 10.3 Å². The van der Waals surface area contributed by atoms with E-state index in [1.54, 1.807) is 4.57 Å². The molecule has 1 saturated heterocycles. The van der Waals surface area contributed by atoms with Gasteiger partial charge in [-0.05, 0) is 38.2 Å². The summed E-state index contributed by atoms with van der Waals surface area (Å²) in [6, 6.07) is 9.91. The molecule has 0 spiro atoms. The highest BCUT2D eigenvalue weighted by atomic mass is 32.1. The standard InChI is InChI=1S/C21H23N5O2S/c1-13-23-19-17(20(28)26(13)15-9-10-15)24-21(29-19)25-11-5-8-16(25)18(27)22-12-14-6-3-2-4-7-14/h2-4,6-7,15-16H,5,8-12H2,1H3,(H,22,27). The van der Waals surface area contributed by atoms with Gasteiger partial charge in [0.2, 0.25) is 5.91 Å². The Morgan fingerprint density at radius 1 is 1.21 bits per heavy atom. The van der Waals surface area contributed by atoms with E-state index < -0.39 is 0 Å². The van der Waals surface area contributed by atoms with Gasteiger partial charge in [-0.2, -0.15) is 0 Å². The normalized spacial score (nSPS) is 19.1. The molecule has 7 nitrogen and oxygen atoms in total. The monoisotopic (exact) mass is 409 g/mol. The van der Waals surface area contributed by atoms with E-state index in [0.29, 0.717) is 16.9 Å². The fraction of sp³-hybridized carbons (Fsp3) is 0.429. The molecule has 2 aliphatic rings. The van der Waals surface area contributed by atoms with Crippen LogP contribution in [0.2, 0.25) is 0 Å². The smallest absolute Gasteiger partial charge is 0.281 e. The van der Waals surface area contributed by atoms with Crippen LogP contribution in [-0.2, 0) is 11.3 Å². The van der Waals surface area contributed by atoms with Crippen LogP contribution in [0, 0.1) is 6.92 Å². The van der Waals surface area contributed by atoms with Gasteiger partial charge in [0.05, 0.1) is 0 Å². The Balaban J connectivity index is 1.39. The maximum absolute atomic E-state index is 12.9. The molecule has 0 bridgehead atoms. The molecule has 29 heavy (non-hydrogen) atoms. The van der Waals surface area contributed by atoms with Crippen LogP contribution in [0.15, 0.2) is 35.1 Å². The molecule has 1 N–H and O–H groups in total. The van der Waals surface area contributed by atoms with E-state index in [0.717, 1.165) is 48.7 Å². The Bertz CT molecular complexity index is 1120. The summed E-state index contributed by atoms with van der Waals surface area (Å²) >= 11 is 1.41. The van der Waals surface area contributed by atoms with Gasteiger partial charge in [0.15, 0.2) is 15.5 Å². The van der Waals surface area contributed by atoms with Crippen LogP contribution in [-0.4, -0.2) is 33.0 Å². The molecule has 3 heterocycles. The van der Waals surface area contributed by atoms with Crippen molar-refractivity contribution in [3.8, 4) is 0 Å². The second-order valence-electron chi connectivity index (χ2n) is 7.77. The van der Waals surface area contributed by atoms with E-state index >= 15 is 0 Å². The highest BCUT2D eigenvalue weighted by Crippen LogP contribution is 2.36. The number of fused-ring (bicyclic) bond motifs is 1. The van der Waals surface area contributed by atoms with Crippen molar-refractivity contribution in [2.24, 2.45) is 0 Å². The second kappa shape index (κ2) is 7.26. The van der Waals surface area contributed by atoms with E-state index in [1.807, 2.05) is 42.2 Å². The van der Waals surface area contributed by atoms with Gasteiger partial charge in [-0.1, -0.05) is 41.7 Å². The Hall–Kier alpha value is -2.74. The fourth-order valence-corrected chi connectivity index (χ4v) is 5.09. The molecule has 2 fully saturated rings. The van der Waals surface area contributed by atoms with Crippen molar-refractivity contribution in [2.45, 2.75) is 51.2 Å². The predicted octanol–water partition coefficient (Wildman–Crippen LogP) is 2.78. The van der Waals surface area contributed by atoms with Crippen molar-refractivity contribution in [1.82, 2.24) is 19.9 Å². The van der Waals surface area contributed by atoms with Crippen LogP contribution < -0.4 is 15.8 Å². The lowest BCUT2D eigenvalue weighted by Gasteiger charge is -2.23. The molecule has 1 aliphatic carbocycles. The van der Waals surface area contributed by atoms with Crippen LogP contribution >= 0.6 is 11.3 Å². The Morgan fingerprint density at radius 2 is 2.00 bits per heavy atom. The Labute approximate surface area is 172 Å². The molecule has 1 aromatic carbocycles. The fourth-order valence-electron chi connectivity index (χ4n) is 4.03. The van der Waals surface area contributed by atoms with E-state index in [1.165, 1.54) is 11.3 Å². The summed E-state index contributed by atoms with van der Waals surface area (Å²) in [5.41, 5.74) is 1.45. The van der Waals surface area contributed by atoms with Gasteiger partial charge in [-0.15, -0.1) is 0 Å². The number of nitrogens with one attached hydrogen (secondary N) is 1. The van der Waals surface area contributed by atoms with Crippen molar-refractivity contribution >= 4 is 32.7 Å². The molecule has 8 heteroatoms. The predicted molar refractivity (Wildman–Crippen MR) is 113 cm³/mol. The van der Waals surface area contributed by atoms with Gasteiger partial charge < -0.3 is 10.2 Å². The maximum atomic E-state index is 12.9. The first-order valence-electron chi connectivity index (χ1n) is 10.1. The number of hydrogen-bond donors (Lipinski definition) is 1. The van der Waals surface area contributed by atoms with Crippen molar-refractivity contribution in [3.63, 3.8) is 0 Å². The summed E-state index contributed by atoms with van der Waals surface area (Å²) in [6.07, 6.45) is 3.77. The molecule has 2 aromatic heterocycles. The first-order valence-corrected chi connectivity index (χ1v) is 10.9. The molecule has 1 unspecified atom stereocenters. The van der Waals surface area contributed by atoms with Crippen molar-refractivity contribution < 1.29 is 4.79 Å². The molecule has 3 aromatic rings. The SMILES string of the molecule is Cc1nc2sc(N3CCCC3C(=O)NCc3ccccc3)nc2c(=O)n1C1CC1. The van der Waals surface area contributed by atoms with Crippen molar-refractivity contribution in [1.29, 1.82) is 0 Å². The summed E-state index contributed by atoms with van der Waals surface area (Å²) in [5, 5.41) is 3.76. The van der Waals surface area contributed by atoms with Crippen LogP contribution in [0.3, 0.4) is 0 Å². The Kier molecular flexibility index (Phi) is 4.58. The number of aryl methyl sites for hydroxylation is 1. The average Bonchev–Trinajstić information content (AvgIpc) is 3.26. The van der Waals surface area contributed by atoms with Gasteiger partial charge in [0.25, 0.3) is 5.56 Å². The van der Waals surface area contributed by atoms with Gasteiger partial charge in [0, 0.05) is 19.1 Å². The zero-order valence-electron chi connectivity index (χ0n) is 16.3. The lowest BCUT2D eigenvalue weighted by molar-refractivity contribution is -0.122. The number of carbonyl (C=O) groups excluding carboxylic acids is 1. The first-order chi connectivity index (χ1) is 14.1. The maximum Gasteiger partial charge on any atom is 0.281 e. The number of benzene rings is 1. The third-order valence-electron chi connectivity index (χ3n) is 5.65. The number of anilines is 1. The molecule has 150 valence electrons. The van der Waals surface area contributed by atoms with Crippen molar-refractivity contribution in [3.05, 3.63) is 52.1 Å². The average molecular weight is 410 g/mol. The molecule has 1 saturated carbocycles. The van der Waals surface area contributed by atoms with Crippen molar-refractivity contribution in [2.75, 3.05) is 11.4 Å². The highest BCUT2D eigenvalue weighted by Gasteiger charge is 2.34.